The number of aliphatic hydroxyl groups is 1. The highest BCUT2D eigenvalue weighted by Crippen LogP contribution is 2.29. The van der Waals surface area contributed by atoms with Crippen LogP contribution in [0.2, 0.25) is 5.02 Å². The predicted octanol–water partition coefficient (Wildman–Crippen LogP) is 3.22. The number of halogens is 3. The lowest BCUT2D eigenvalue weighted by Crippen LogP contribution is -2.31. The van der Waals surface area contributed by atoms with Crippen LogP contribution in [0.15, 0.2) is 18.2 Å². The molecule has 0 saturated heterocycles. The molecule has 1 atom stereocenters. The third-order valence-corrected chi connectivity index (χ3v) is 2.95. The molecule has 0 aliphatic heterocycles. The maximum Gasteiger partial charge on any atom is 0.387 e. The lowest BCUT2D eigenvalue weighted by atomic mass is 10.2. The summed E-state index contributed by atoms with van der Waals surface area (Å²) < 4.78 is 28.6. The Kier molecular flexibility index (Phi) is 7.18. The summed E-state index contributed by atoms with van der Waals surface area (Å²) in [4.78, 5) is 11.6. The lowest BCUT2D eigenvalue weighted by Gasteiger charge is -2.12. The SMILES string of the molecule is CCC(O)CCNC(=O)Nc1ccc(Cl)c(OC(F)F)c1. The molecule has 1 aromatic rings. The number of rotatable bonds is 7. The summed E-state index contributed by atoms with van der Waals surface area (Å²) in [7, 11) is 0. The number of ether oxygens (including phenoxy) is 1. The van der Waals surface area contributed by atoms with Crippen molar-refractivity contribution in [1.29, 1.82) is 0 Å². The number of benzene rings is 1. The first-order chi connectivity index (χ1) is 9.92. The molecule has 0 aromatic heterocycles. The first kappa shape index (κ1) is 17.5. The number of hydrogen-bond donors (Lipinski definition) is 3. The molecular formula is C13H17ClF2N2O3. The molecule has 3 N–H and O–H groups in total. The minimum absolute atomic E-state index is 0.0207. The Bertz CT molecular complexity index is 475. The topological polar surface area (TPSA) is 70.6 Å². The Morgan fingerprint density at radius 1 is 1.48 bits per heavy atom. The molecule has 0 bridgehead atoms. The Balaban J connectivity index is 2.52. The summed E-state index contributed by atoms with van der Waals surface area (Å²) in [5, 5.41) is 14.4. The summed E-state index contributed by atoms with van der Waals surface area (Å²) in [6.07, 6.45) is 0.575. The Labute approximate surface area is 126 Å². The van der Waals surface area contributed by atoms with Crippen molar-refractivity contribution >= 4 is 23.3 Å². The molecular weight excluding hydrogens is 306 g/mol. The van der Waals surface area contributed by atoms with Crippen molar-refractivity contribution < 1.29 is 23.4 Å². The average molecular weight is 323 g/mol. The van der Waals surface area contributed by atoms with Crippen LogP contribution in [0.3, 0.4) is 0 Å². The van der Waals surface area contributed by atoms with Crippen molar-refractivity contribution in [2.75, 3.05) is 11.9 Å². The number of carbonyl (C=O) groups is 1. The van der Waals surface area contributed by atoms with Gasteiger partial charge in [0.05, 0.1) is 11.1 Å². The smallest absolute Gasteiger partial charge is 0.387 e. The molecule has 0 aliphatic rings. The van der Waals surface area contributed by atoms with Crippen molar-refractivity contribution in [1.82, 2.24) is 5.32 Å². The van der Waals surface area contributed by atoms with Gasteiger partial charge in [0.2, 0.25) is 0 Å². The van der Waals surface area contributed by atoms with Gasteiger partial charge in [0.15, 0.2) is 0 Å². The van der Waals surface area contributed by atoms with Gasteiger partial charge in [-0.05, 0) is 25.0 Å². The lowest BCUT2D eigenvalue weighted by molar-refractivity contribution is -0.0497. The molecule has 8 heteroatoms. The van der Waals surface area contributed by atoms with E-state index in [2.05, 4.69) is 15.4 Å². The zero-order chi connectivity index (χ0) is 15.8. The summed E-state index contributed by atoms with van der Waals surface area (Å²) in [5.74, 6) is -0.217. The predicted molar refractivity (Wildman–Crippen MR) is 76.0 cm³/mol. The molecule has 0 saturated carbocycles. The first-order valence-corrected chi connectivity index (χ1v) is 6.77. The van der Waals surface area contributed by atoms with Crippen LogP contribution >= 0.6 is 11.6 Å². The van der Waals surface area contributed by atoms with E-state index < -0.39 is 18.7 Å². The van der Waals surface area contributed by atoms with Gasteiger partial charge in [0.25, 0.3) is 0 Å². The molecule has 1 unspecified atom stereocenters. The van der Waals surface area contributed by atoms with Gasteiger partial charge in [-0.1, -0.05) is 18.5 Å². The van der Waals surface area contributed by atoms with Crippen molar-refractivity contribution in [3.05, 3.63) is 23.2 Å². The molecule has 1 aromatic carbocycles. The minimum atomic E-state index is -3.00. The van der Waals surface area contributed by atoms with E-state index in [1.165, 1.54) is 18.2 Å². The molecule has 0 aliphatic carbocycles. The molecule has 5 nitrogen and oxygen atoms in total. The quantitative estimate of drug-likeness (QED) is 0.722. The average Bonchev–Trinajstić information content (AvgIpc) is 2.41. The van der Waals surface area contributed by atoms with Gasteiger partial charge in [-0.2, -0.15) is 8.78 Å². The van der Waals surface area contributed by atoms with Gasteiger partial charge in [-0.3, -0.25) is 0 Å². The first-order valence-electron chi connectivity index (χ1n) is 6.39. The monoisotopic (exact) mass is 322 g/mol. The number of urea groups is 1. The fraction of sp³-hybridized carbons (Fsp3) is 0.462. The van der Waals surface area contributed by atoms with Gasteiger partial charge in [-0.25, -0.2) is 4.79 Å². The maximum atomic E-state index is 12.2. The van der Waals surface area contributed by atoms with Crippen molar-refractivity contribution in [3.63, 3.8) is 0 Å². The van der Waals surface area contributed by atoms with E-state index in [0.717, 1.165) is 0 Å². The minimum Gasteiger partial charge on any atom is -0.433 e. The molecule has 118 valence electrons. The van der Waals surface area contributed by atoms with Crippen LogP contribution < -0.4 is 15.4 Å². The Hall–Kier alpha value is -1.60. The van der Waals surface area contributed by atoms with E-state index in [9.17, 15) is 18.7 Å². The van der Waals surface area contributed by atoms with Crippen LogP contribution in [-0.4, -0.2) is 30.4 Å². The van der Waals surface area contributed by atoms with Crippen molar-refractivity contribution in [3.8, 4) is 5.75 Å². The summed E-state index contributed by atoms with van der Waals surface area (Å²) in [6, 6.07) is 3.50. The van der Waals surface area contributed by atoms with Crippen LogP contribution in [0.4, 0.5) is 19.3 Å². The van der Waals surface area contributed by atoms with Crippen molar-refractivity contribution in [2.45, 2.75) is 32.5 Å². The molecule has 0 fully saturated rings. The second kappa shape index (κ2) is 8.63. The number of amides is 2. The second-order valence-corrected chi connectivity index (χ2v) is 4.66. The molecule has 0 heterocycles. The third kappa shape index (κ3) is 6.59. The fourth-order valence-electron chi connectivity index (χ4n) is 1.50. The number of anilines is 1. The van der Waals surface area contributed by atoms with Crippen LogP contribution in [0.1, 0.15) is 19.8 Å². The van der Waals surface area contributed by atoms with Gasteiger partial charge in [0, 0.05) is 18.3 Å². The van der Waals surface area contributed by atoms with E-state index in [4.69, 9.17) is 11.6 Å². The van der Waals surface area contributed by atoms with E-state index in [0.29, 0.717) is 19.4 Å². The zero-order valence-electron chi connectivity index (χ0n) is 11.4. The molecule has 0 spiro atoms. The molecule has 21 heavy (non-hydrogen) atoms. The van der Waals surface area contributed by atoms with E-state index in [1.54, 1.807) is 0 Å². The van der Waals surface area contributed by atoms with Crippen LogP contribution in [0, 0.1) is 0 Å². The highest BCUT2D eigenvalue weighted by molar-refractivity contribution is 6.32. The number of hydrogen-bond acceptors (Lipinski definition) is 3. The van der Waals surface area contributed by atoms with Gasteiger partial charge in [-0.15, -0.1) is 0 Å². The van der Waals surface area contributed by atoms with Gasteiger partial charge < -0.3 is 20.5 Å². The summed E-state index contributed by atoms with van der Waals surface area (Å²) >= 11 is 5.70. The Morgan fingerprint density at radius 3 is 2.81 bits per heavy atom. The third-order valence-electron chi connectivity index (χ3n) is 2.64. The highest BCUT2D eigenvalue weighted by atomic mass is 35.5. The zero-order valence-corrected chi connectivity index (χ0v) is 12.2. The largest absolute Gasteiger partial charge is 0.433 e. The summed E-state index contributed by atoms with van der Waals surface area (Å²) in [6.45, 7) is -0.861. The van der Waals surface area contributed by atoms with Gasteiger partial charge in [0.1, 0.15) is 5.75 Å². The molecule has 0 radical (unpaired) electrons. The van der Waals surface area contributed by atoms with Crippen molar-refractivity contribution in [2.24, 2.45) is 0 Å². The fourth-order valence-corrected chi connectivity index (χ4v) is 1.66. The Morgan fingerprint density at radius 2 is 2.19 bits per heavy atom. The molecule has 1 rings (SSSR count). The number of alkyl halides is 2. The number of aliphatic hydroxyl groups excluding tert-OH is 1. The van der Waals surface area contributed by atoms with Gasteiger partial charge >= 0.3 is 12.6 Å². The van der Waals surface area contributed by atoms with Crippen LogP contribution in [0.25, 0.3) is 0 Å². The van der Waals surface area contributed by atoms with Crippen LogP contribution in [-0.2, 0) is 0 Å². The number of carbonyl (C=O) groups excluding carboxylic acids is 1. The van der Waals surface area contributed by atoms with Crippen LogP contribution in [0.5, 0.6) is 5.75 Å². The van der Waals surface area contributed by atoms with E-state index >= 15 is 0 Å². The van der Waals surface area contributed by atoms with E-state index in [-0.39, 0.29) is 16.5 Å². The standard InChI is InChI=1S/C13H17ClF2N2O3/c1-2-9(19)5-6-17-13(20)18-8-3-4-10(14)11(7-8)21-12(15)16/h3-4,7,9,12,19H,2,5-6H2,1H3,(H2,17,18,20). The highest BCUT2D eigenvalue weighted by Gasteiger charge is 2.11. The maximum absolute atomic E-state index is 12.2. The summed E-state index contributed by atoms with van der Waals surface area (Å²) in [5.41, 5.74) is 0.267. The number of nitrogens with one attached hydrogen (secondary N) is 2. The molecule has 2 amide bonds. The second-order valence-electron chi connectivity index (χ2n) is 4.26. The normalized spacial score (nSPS) is 12.1. The van der Waals surface area contributed by atoms with E-state index in [1.807, 2.05) is 6.92 Å².